The summed E-state index contributed by atoms with van der Waals surface area (Å²) < 4.78 is 0.943. The van der Waals surface area contributed by atoms with Gasteiger partial charge in [0.1, 0.15) is 4.60 Å². The van der Waals surface area contributed by atoms with Gasteiger partial charge in [-0.25, -0.2) is 4.98 Å². The fourth-order valence-electron chi connectivity index (χ4n) is 3.23. The van der Waals surface area contributed by atoms with E-state index in [9.17, 15) is 0 Å². The number of hydrogen-bond acceptors (Lipinski definition) is 3. The molecule has 3 rings (SSSR count). The summed E-state index contributed by atoms with van der Waals surface area (Å²) in [6.07, 6.45) is 7.24. The van der Waals surface area contributed by atoms with E-state index in [1.165, 1.54) is 44.3 Å². The molecule has 0 radical (unpaired) electrons. The van der Waals surface area contributed by atoms with E-state index in [0.29, 0.717) is 6.04 Å². The van der Waals surface area contributed by atoms with Gasteiger partial charge in [-0.05, 0) is 66.7 Å². The Bertz CT molecular complexity index is 435. The van der Waals surface area contributed by atoms with Gasteiger partial charge >= 0.3 is 0 Å². The van der Waals surface area contributed by atoms with Crippen LogP contribution in [-0.2, 0) is 0 Å². The molecule has 3 heterocycles. The Kier molecular flexibility index (Phi) is 3.57. The minimum atomic E-state index is 0.617. The lowest BCUT2D eigenvalue weighted by molar-refractivity contribution is 0.188. The normalized spacial score (nSPS) is 28.1. The number of anilines is 1. The Morgan fingerprint density at radius 3 is 3.11 bits per heavy atom. The smallest absolute Gasteiger partial charge is 0.109 e. The summed E-state index contributed by atoms with van der Waals surface area (Å²) in [4.78, 5) is 7.01. The second-order valence-corrected chi connectivity index (χ2v) is 6.28. The zero-order valence-corrected chi connectivity index (χ0v) is 12.4. The third kappa shape index (κ3) is 2.54. The van der Waals surface area contributed by atoms with Gasteiger partial charge in [0.05, 0.1) is 11.9 Å². The van der Waals surface area contributed by atoms with Crippen LogP contribution in [0.3, 0.4) is 0 Å². The van der Waals surface area contributed by atoms with Crippen molar-refractivity contribution < 1.29 is 0 Å². The summed E-state index contributed by atoms with van der Waals surface area (Å²) >= 11 is 3.45. The van der Waals surface area contributed by atoms with E-state index >= 15 is 0 Å². The second-order valence-electron chi connectivity index (χ2n) is 5.53. The van der Waals surface area contributed by atoms with Crippen LogP contribution in [0.5, 0.6) is 0 Å². The van der Waals surface area contributed by atoms with E-state index in [4.69, 9.17) is 0 Å². The highest BCUT2D eigenvalue weighted by Crippen LogP contribution is 2.28. The van der Waals surface area contributed by atoms with E-state index < -0.39 is 0 Å². The summed E-state index contributed by atoms with van der Waals surface area (Å²) in [5, 5.41) is 3.65. The van der Waals surface area contributed by atoms with Crippen LogP contribution in [0.25, 0.3) is 0 Å². The van der Waals surface area contributed by atoms with E-state index in [1.807, 2.05) is 6.20 Å². The van der Waals surface area contributed by atoms with Crippen LogP contribution < -0.4 is 5.32 Å². The summed E-state index contributed by atoms with van der Waals surface area (Å²) in [5.74, 6) is 0. The van der Waals surface area contributed by atoms with Crippen molar-refractivity contribution >= 4 is 21.6 Å². The van der Waals surface area contributed by atoms with E-state index in [0.717, 1.165) is 16.3 Å². The molecular formula is C14H20BrN3. The molecule has 2 saturated heterocycles. The minimum absolute atomic E-state index is 0.617. The molecule has 2 fully saturated rings. The number of aryl methyl sites for hydroxylation is 1. The number of rotatable bonds is 2. The molecule has 1 aromatic rings. The highest BCUT2D eigenvalue weighted by molar-refractivity contribution is 9.10. The Labute approximate surface area is 117 Å². The molecule has 0 bridgehead atoms. The molecule has 0 aliphatic carbocycles. The van der Waals surface area contributed by atoms with Gasteiger partial charge in [0.15, 0.2) is 0 Å². The van der Waals surface area contributed by atoms with E-state index in [2.05, 4.69) is 44.1 Å². The monoisotopic (exact) mass is 309 g/mol. The first-order valence-corrected chi connectivity index (χ1v) is 7.64. The predicted octanol–water partition coefficient (Wildman–Crippen LogP) is 3.19. The van der Waals surface area contributed by atoms with Gasteiger partial charge in [0.2, 0.25) is 0 Å². The molecule has 4 heteroatoms. The Morgan fingerprint density at radius 2 is 2.28 bits per heavy atom. The van der Waals surface area contributed by atoms with Crippen molar-refractivity contribution in [3.8, 4) is 0 Å². The first-order chi connectivity index (χ1) is 8.72. The van der Waals surface area contributed by atoms with Crippen LogP contribution in [-0.4, -0.2) is 35.1 Å². The Morgan fingerprint density at radius 1 is 1.39 bits per heavy atom. The van der Waals surface area contributed by atoms with Gasteiger partial charge in [-0.3, -0.25) is 0 Å². The zero-order valence-electron chi connectivity index (χ0n) is 10.8. The van der Waals surface area contributed by atoms with Crippen molar-refractivity contribution in [2.75, 3.05) is 18.4 Å². The van der Waals surface area contributed by atoms with E-state index in [1.54, 1.807) is 0 Å². The highest BCUT2D eigenvalue weighted by atomic mass is 79.9. The van der Waals surface area contributed by atoms with Crippen molar-refractivity contribution in [3.63, 3.8) is 0 Å². The minimum Gasteiger partial charge on any atom is -0.381 e. The van der Waals surface area contributed by atoms with Gasteiger partial charge in [0.25, 0.3) is 0 Å². The van der Waals surface area contributed by atoms with Gasteiger partial charge in [-0.1, -0.05) is 0 Å². The van der Waals surface area contributed by atoms with Crippen LogP contribution in [0.1, 0.15) is 31.2 Å². The van der Waals surface area contributed by atoms with E-state index in [-0.39, 0.29) is 0 Å². The SMILES string of the molecule is Cc1cc(NC2CCN3CCCC3C2)cnc1Br. The molecule has 2 aliphatic rings. The van der Waals surface area contributed by atoms with Gasteiger partial charge in [0, 0.05) is 18.6 Å². The topological polar surface area (TPSA) is 28.2 Å². The van der Waals surface area contributed by atoms with Crippen LogP contribution >= 0.6 is 15.9 Å². The predicted molar refractivity (Wildman–Crippen MR) is 77.9 cm³/mol. The molecule has 98 valence electrons. The maximum absolute atomic E-state index is 4.35. The molecule has 0 aromatic carbocycles. The molecule has 18 heavy (non-hydrogen) atoms. The number of nitrogens with zero attached hydrogens (tertiary/aromatic N) is 2. The van der Waals surface area contributed by atoms with Gasteiger partial charge < -0.3 is 10.2 Å². The van der Waals surface area contributed by atoms with Crippen LogP contribution in [0, 0.1) is 6.92 Å². The number of hydrogen-bond donors (Lipinski definition) is 1. The number of fused-ring (bicyclic) bond motifs is 1. The Balaban J connectivity index is 1.64. The number of halogens is 1. The highest BCUT2D eigenvalue weighted by Gasteiger charge is 2.31. The molecule has 2 atom stereocenters. The van der Waals surface area contributed by atoms with Crippen LogP contribution in [0.4, 0.5) is 5.69 Å². The standard InChI is InChI=1S/C14H20BrN3/c1-10-7-12(9-16-14(10)15)17-11-4-6-18-5-2-3-13(18)8-11/h7,9,11,13,17H,2-6,8H2,1H3. The molecule has 3 nitrogen and oxygen atoms in total. The molecular weight excluding hydrogens is 290 g/mol. The fourth-order valence-corrected chi connectivity index (χ4v) is 3.45. The molecule has 1 aromatic heterocycles. The first kappa shape index (κ1) is 12.4. The molecule has 2 unspecified atom stereocenters. The lowest BCUT2D eigenvalue weighted by Gasteiger charge is -2.35. The van der Waals surface area contributed by atoms with Crippen molar-refractivity contribution in [2.24, 2.45) is 0 Å². The first-order valence-electron chi connectivity index (χ1n) is 6.85. The molecule has 2 aliphatic heterocycles. The summed E-state index contributed by atoms with van der Waals surface area (Å²) in [6, 6.07) is 3.62. The third-order valence-electron chi connectivity index (χ3n) is 4.21. The largest absolute Gasteiger partial charge is 0.381 e. The van der Waals surface area contributed by atoms with Crippen LogP contribution in [0.15, 0.2) is 16.9 Å². The van der Waals surface area contributed by atoms with Crippen molar-refractivity contribution in [1.82, 2.24) is 9.88 Å². The molecule has 0 saturated carbocycles. The summed E-state index contributed by atoms with van der Waals surface area (Å²) in [7, 11) is 0. The summed E-state index contributed by atoms with van der Waals surface area (Å²) in [5.41, 5.74) is 2.35. The Hall–Kier alpha value is -0.610. The quantitative estimate of drug-likeness (QED) is 0.850. The van der Waals surface area contributed by atoms with Gasteiger partial charge in [-0.15, -0.1) is 0 Å². The van der Waals surface area contributed by atoms with Crippen molar-refractivity contribution in [3.05, 3.63) is 22.4 Å². The maximum Gasteiger partial charge on any atom is 0.109 e. The molecule has 1 N–H and O–H groups in total. The molecule has 0 spiro atoms. The third-order valence-corrected chi connectivity index (χ3v) is 5.04. The van der Waals surface area contributed by atoms with Crippen molar-refractivity contribution in [2.45, 2.75) is 44.7 Å². The molecule has 0 amide bonds. The zero-order chi connectivity index (χ0) is 12.5. The number of piperidine rings is 1. The van der Waals surface area contributed by atoms with Crippen molar-refractivity contribution in [1.29, 1.82) is 0 Å². The average molecular weight is 310 g/mol. The lowest BCUT2D eigenvalue weighted by Crippen LogP contribution is -2.42. The number of aromatic nitrogens is 1. The number of pyridine rings is 1. The lowest BCUT2D eigenvalue weighted by atomic mass is 9.97. The summed E-state index contributed by atoms with van der Waals surface area (Å²) in [6.45, 7) is 4.66. The maximum atomic E-state index is 4.35. The number of nitrogens with one attached hydrogen (secondary N) is 1. The fraction of sp³-hybridized carbons (Fsp3) is 0.643. The second kappa shape index (κ2) is 5.17. The van der Waals surface area contributed by atoms with Crippen LogP contribution in [0.2, 0.25) is 0 Å². The average Bonchev–Trinajstić information content (AvgIpc) is 2.81. The van der Waals surface area contributed by atoms with Gasteiger partial charge in [-0.2, -0.15) is 0 Å².